The molecule has 0 aromatic carbocycles. The first-order valence-corrected chi connectivity index (χ1v) is 14.4. The van der Waals surface area contributed by atoms with Crippen LogP contribution in [0.2, 0.25) is 0 Å². The van der Waals surface area contributed by atoms with Gasteiger partial charge in [0.25, 0.3) is 0 Å². The fraction of sp³-hybridized carbons (Fsp3) is 0.968. The van der Waals surface area contributed by atoms with E-state index in [4.69, 9.17) is 9.47 Å². The highest BCUT2D eigenvalue weighted by atomic mass is 16.7. The molecule has 5 fully saturated rings. The van der Waals surface area contributed by atoms with Crippen molar-refractivity contribution in [1.29, 1.82) is 0 Å². The Bertz CT molecular complexity index is 846. The summed E-state index contributed by atoms with van der Waals surface area (Å²) in [5.74, 6) is 3.14. The first kappa shape index (κ1) is 25.2. The number of Topliss-reactive ketones (excluding diaryl/α,β-unsaturated/α-hetero) is 1. The molecule has 5 aliphatic rings. The lowest BCUT2D eigenvalue weighted by atomic mass is 9.35. The summed E-state index contributed by atoms with van der Waals surface area (Å²) in [7, 11) is 1.82. The fourth-order valence-corrected chi connectivity index (χ4v) is 11.1. The Morgan fingerprint density at radius 2 is 1.41 bits per heavy atom. The second kappa shape index (κ2) is 7.56. The third-order valence-corrected chi connectivity index (χ3v) is 13.4. The van der Waals surface area contributed by atoms with Crippen LogP contribution in [0.15, 0.2) is 0 Å². The second-order valence-corrected chi connectivity index (χ2v) is 15.4. The van der Waals surface area contributed by atoms with Gasteiger partial charge in [-0.1, -0.05) is 48.5 Å². The molecular formula is C31H52O3. The molecule has 0 aromatic rings. The Labute approximate surface area is 209 Å². The number of rotatable bonds is 2. The molecule has 3 heteroatoms. The summed E-state index contributed by atoms with van der Waals surface area (Å²) in [5.41, 5.74) is 0.863. The van der Waals surface area contributed by atoms with Crippen molar-refractivity contribution in [3.8, 4) is 0 Å². The topological polar surface area (TPSA) is 35.5 Å². The van der Waals surface area contributed by atoms with Crippen LogP contribution in [0.4, 0.5) is 0 Å². The Morgan fingerprint density at radius 3 is 2.09 bits per heavy atom. The third-order valence-electron chi connectivity index (χ3n) is 13.4. The number of carbonyl (C=O) groups excluding carboxylic acids is 1. The number of fused-ring (bicyclic) bond motifs is 5. The number of hydrogen-bond donors (Lipinski definition) is 0. The van der Waals surface area contributed by atoms with E-state index in [-0.39, 0.29) is 22.7 Å². The summed E-state index contributed by atoms with van der Waals surface area (Å²) in [6.45, 7) is 19.4. The molecule has 194 valence electrons. The van der Waals surface area contributed by atoms with E-state index in [2.05, 4.69) is 55.4 Å². The molecule has 0 unspecified atom stereocenters. The SMILES string of the molecule is CO[C@@H]1O[C@](C)([C@H]2CC[C@@]3(C)[C@@H]2CC[C@@H]2[C@@]4(C)CCC(=O)C(C)(C)[C@@H]4CC[C@]23C)CCC1(C)C. The monoisotopic (exact) mass is 472 g/mol. The summed E-state index contributed by atoms with van der Waals surface area (Å²) in [6, 6.07) is 0. The van der Waals surface area contributed by atoms with E-state index in [1.807, 2.05) is 7.11 Å². The minimum Gasteiger partial charge on any atom is -0.355 e. The van der Waals surface area contributed by atoms with Crippen LogP contribution in [0.25, 0.3) is 0 Å². The van der Waals surface area contributed by atoms with E-state index in [0.717, 1.165) is 31.1 Å². The predicted octanol–water partition coefficient (Wildman–Crippen LogP) is 7.81. The molecule has 0 N–H and O–H groups in total. The average molecular weight is 473 g/mol. The van der Waals surface area contributed by atoms with Gasteiger partial charge in [-0.2, -0.15) is 0 Å². The number of carbonyl (C=O) groups is 1. The zero-order chi connectivity index (χ0) is 24.9. The maximum absolute atomic E-state index is 12.9. The molecular weight excluding hydrogens is 420 g/mol. The van der Waals surface area contributed by atoms with Crippen molar-refractivity contribution < 1.29 is 14.3 Å². The fourth-order valence-electron chi connectivity index (χ4n) is 11.1. The Balaban J connectivity index is 1.45. The maximum Gasteiger partial charge on any atom is 0.162 e. The largest absolute Gasteiger partial charge is 0.355 e. The van der Waals surface area contributed by atoms with Crippen LogP contribution in [0.3, 0.4) is 0 Å². The van der Waals surface area contributed by atoms with Gasteiger partial charge in [0, 0.05) is 24.4 Å². The number of ketones is 1. The molecule has 4 aliphatic carbocycles. The van der Waals surface area contributed by atoms with E-state index in [0.29, 0.717) is 33.9 Å². The summed E-state index contributed by atoms with van der Waals surface area (Å²) in [6.07, 6.45) is 11.9. The van der Waals surface area contributed by atoms with Gasteiger partial charge in [0.15, 0.2) is 6.29 Å². The van der Waals surface area contributed by atoms with Crippen molar-refractivity contribution >= 4 is 5.78 Å². The van der Waals surface area contributed by atoms with Crippen LogP contribution >= 0.6 is 0 Å². The molecule has 0 amide bonds. The lowest BCUT2D eigenvalue weighted by Gasteiger charge is -2.69. The van der Waals surface area contributed by atoms with Crippen molar-refractivity contribution in [2.45, 2.75) is 131 Å². The van der Waals surface area contributed by atoms with E-state index < -0.39 is 0 Å². The summed E-state index contributed by atoms with van der Waals surface area (Å²) in [4.78, 5) is 12.9. The molecule has 1 saturated heterocycles. The van der Waals surface area contributed by atoms with E-state index >= 15 is 0 Å². The van der Waals surface area contributed by atoms with Gasteiger partial charge in [0.05, 0.1) is 5.60 Å². The van der Waals surface area contributed by atoms with Crippen LogP contribution in [-0.2, 0) is 14.3 Å². The zero-order valence-corrected chi connectivity index (χ0v) is 23.7. The lowest BCUT2D eigenvalue weighted by molar-refractivity contribution is -0.291. The number of methoxy groups -OCH3 is 1. The summed E-state index contributed by atoms with van der Waals surface area (Å²) in [5, 5.41) is 0. The molecule has 3 nitrogen and oxygen atoms in total. The van der Waals surface area contributed by atoms with Crippen LogP contribution in [-0.4, -0.2) is 24.8 Å². The molecule has 4 saturated carbocycles. The molecule has 5 rings (SSSR count). The Morgan fingerprint density at radius 1 is 0.735 bits per heavy atom. The highest BCUT2D eigenvalue weighted by Gasteiger charge is 2.70. The van der Waals surface area contributed by atoms with Gasteiger partial charge in [-0.15, -0.1) is 0 Å². The van der Waals surface area contributed by atoms with Crippen LogP contribution in [0.5, 0.6) is 0 Å². The van der Waals surface area contributed by atoms with E-state index in [1.54, 1.807) is 0 Å². The van der Waals surface area contributed by atoms with Gasteiger partial charge in [-0.05, 0) is 105 Å². The van der Waals surface area contributed by atoms with E-state index in [9.17, 15) is 4.79 Å². The average Bonchev–Trinajstić information content (AvgIpc) is 3.12. The number of ether oxygens (including phenoxy) is 2. The normalized spacial score (nSPS) is 54.1. The predicted molar refractivity (Wildman–Crippen MR) is 137 cm³/mol. The van der Waals surface area contributed by atoms with Crippen molar-refractivity contribution in [2.24, 2.45) is 50.7 Å². The molecule has 0 bridgehead atoms. The van der Waals surface area contributed by atoms with Gasteiger partial charge in [-0.25, -0.2) is 0 Å². The van der Waals surface area contributed by atoms with Crippen molar-refractivity contribution in [1.82, 2.24) is 0 Å². The minimum atomic E-state index is -0.157. The molecule has 0 radical (unpaired) electrons. The first-order chi connectivity index (χ1) is 15.7. The highest BCUT2D eigenvalue weighted by Crippen LogP contribution is 2.75. The lowest BCUT2D eigenvalue weighted by Crippen LogP contribution is -2.64. The summed E-state index contributed by atoms with van der Waals surface area (Å²) >= 11 is 0. The molecule has 9 atom stereocenters. The maximum atomic E-state index is 12.9. The Hall–Kier alpha value is -0.410. The zero-order valence-electron chi connectivity index (χ0n) is 23.7. The van der Waals surface area contributed by atoms with Gasteiger partial charge >= 0.3 is 0 Å². The molecule has 0 spiro atoms. The number of hydrogen-bond acceptors (Lipinski definition) is 3. The van der Waals surface area contributed by atoms with E-state index in [1.165, 1.54) is 44.9 Å². The van der Waals surface area contributed by atoms with Crippen LogP contribution in [0.1, 0.15) is 120 Å². The van der Waals surface area contributed by atoms with Gasteiger partial charge in [-0.3, -0.25) is 4.79 Å². The Kier molecular flexibility index (Phi) is 5.61. The minimum absolute atomic E-state index is 0.0812. The molecule has 1 heterocycles. The van der Waals surface area contributed by atoms with Gasteiger partial charge < -0.3 is 9.47 Å². The molecule has 1 aliphatic heterocycles. The third kappa shape index (κ3) is 3.10. The molecule has 0 aromatic heterocycles. The van der Waals surface area contributed by atoms with Gasteiger partial charge in [0.1, 0.15) is 5.78 Å². The van der Waals surface area contributed by atoms with Crippen LogP contribution < -0.4 is 0 Å². The van der Waals surface area contributed by atoms with Crippen molar-refractivity contribution in [3.63, 3.8) is 0 Å². The molecule has 34 heavy (non-hydrogen) atoms. The van der Waals surface area contributed by atoms with Crippen molar-refractivity contribution in [3.05, 3.63) is 0 Å². The standard InChI is InChI=1S/C31H52O3/c1-26(2)18-19-31(8,34-25(26)33-9)21-12-16-29(6)20(21)10-11-23-28(5)15-14-24(32)27(3,4)22(28)13-17-30(23,29)7/h20-23,25H,10-19H2,1-9H3/t20-,21+,22+,23-,25-,28+,29+,30-,31+/m1/s1. The van der Waals surface area contributed by atoms with Crippen molar-refractivity contribution in [2.75, 3.05) is 7.11 Å². The van der Waals surface area contributed by atoms with Gasteiger partial charge in [0.2, 0.25) is 0 Å². The van der Waals surface area contributed by atoms with Crippen LogP contribution in [0, 0.1) is 50.7 Å². The first-order valence-electron chi connectivity index (χ1n) is 14.4. The summed E-state index contributed by atoms with van der Waals surface area (Å²) < 4.78 is 12.7. The quantitative estimate of drug-likeness (QED) is 0.411. The highest BCUT2D eigenvalue weighted by molar-refractivity contribution is 5.85. The smallest absolute Gasteiger partial charge is 0.162 e. The second-order valence-electron chi connectivity index (χ2n) is 15.4.